The third-order valence-electron chi connectivity index (χ3n) is 5.98. The Hall–Kier alpha value is -3.97. The fourth-order valence-corrected chi connectivity index (χ4v) is 4.16. The summed E-state index contributed by atoms with van der Waals surface area (Å²) in [6, 6.07) is 19.1. The van der Waals surface area contributed by atoms with Crippen LogP contribution in [-0.2, 0) is 0 Å². The first-order chi connectivity index (χ1) is 16.5. The molecule has 0 radical (unpaired) electrons. The lowest BCUT2D eigenvalue weighted by atomic mass is 9.96. The molecule has 174 valence electrons. The quantitative estimate of drug-likeness (QED) is 0.383. The van der Waals surface area contributed by atoms with Crippen molar-refractivity contribution < 1.29 is 19.6 Å². The Balaban J connectivity index is 1.75. The summed E-state index contributed by atoms with van der Waals surface area (Å²) in [5.41, 5.74) is 5.47. The van der Waals surface area contributed by atoms with Gasteiger partial charge in [-0.05, 0) is 73.7 Å². The van der Waals surface area contributed by atoms with Gasteiger partial charge in [-0.15, -0.1) is 0 Å². The Morgan fingerprint density at radius 3 is 2.24 bits per heavy atom. The lowest BCUT2D eigenvalue weighted by Crippen LogP contribution is -2.35. The molecule has 0 spiro atoms. The Kier molecular flexibility index (Phi) is 7.04. The maximum absolute atomic E-state index is 13.3. The van der Waals surface area contributed by atoms with Crippen LogP contribution < -0.4 is 10.8 Å². The largest absolute Gasteiger partial charge is 0.339 e. The van der Waals surface area contributed by atoms with Crippen molar-refractivity contribution in [3.8, 4) is 11.1 Å². The highest BCUT2D eigenvalue weighted by Gasteiger charge is 2.21. The monoisotopic (exact) mass is 457 g/mol. The van der Waals surface area contributed by atoms with E-state index in [9.17, 15) is 19.6 Å². The van der Waals surface area contributed by atoms with Crippen LogP contribution in [0.2, 0.25) is 0 Å². The molecule has 0 aromatic heterocycles. The van der Waals surface area contributed by atoms with Gasteiger partial charge < -0.3 is 10.2 Å². The molecule has 0 bridgehead atoms. The fraction of sp³-hybridized carbons (Fsp3) is 0.222. The number of piperidine rings is 1. The van der Waals surface area contributed by atoms with Crippen LogP contribution in [0.5, 0.6) is 0 Å². The molecule has 4 rings (SSSR count). The number of aryl methyl sites for hydroxylation is 1. The molecule has 0 unspecified atom stereocenters. The number of hydroxylamine groups is 1. The highest BCUT2D eigenvalue weighted by atomic mass is 16.5. The molecule has 1 saturated heterocycles. The van der Waals surface area contributed by atoms with Crippen LogP contribution in [0.15, 0.2) is 66.7 Å². The van der Waals surface area contributed by atoms with Gasteiger partial charge in [0.05, 0.1) is 0 Å². The molecule has 1 fully saturated rings. The first-order valence-corrected chi connectivity index (χ1v) is 11.3. The van der Waals surface area contributed by atoms with E-state index in [0.717, 1.165) is 24.8 Å². The van der Waals surface area contributed by atoms with Crippen molar-refractivity contribution in [1.29, 1.82) is 0 Å². The van der Waals surface area contributed by atoms with Gasteiger partial charge in [0.1, 0.15) is 0 Å². The SMILES string of the molecule is Cc1ccc(C(=O)Nc2cc(C(=O)N3CCCCC3)cc(-c3ccccc3C(=O)NO)c2)cc1. The standard InChI is InChI=1S/C27H27N3O4/c1-18-9-11-19(12-10-18)25(31)28-22-16-20(23-7-3-4-8-24(23)26(32)29-34)15-21(17-22)27(33)30-13-5-2-6-14-30/h3-4,7-12,15-17,34H,2,5-6,13-14H2,1H3,(H,28,31)(H,29,32). The Labute approximate surface area is 198 Å². The van der Waals surface area contributed by atoms with Crippen molar-refractivity contribution in [2.75, 3.05) is 18.4 Å². The number of nitrogens with one attached hydrogen (secondary N) is 2. The van der Waals surface area contributed by atoms with Crippen LogP contribution in [0.1, 0.15) is 55.9 Å². The summed E-state index contributed by atoms with van der Waals surface area (Å²) in [7, 11) is 0. The third kappa shape index (κ3) is 5.15. The van der Waals surface area contributed by atoms with Gasteiger partial charge in [-0.25, -0.2) is 5.48 Å². The molecule has 7 nitrogen and oxygen atoms in total. The summed E-state index contributed by atoms with van der Waals surface area (Å²) < 4.78 is 0. The van der Waals surface area contributed by atoms with Crippen molar-refractivity contribution >= 4 is 23.4 Å². The first kappa shape index (κ1) is 23.2. The molecule has 34 heavy (non-hydrogen) atoms. The number of benzene rings is 3. The number of amides is 3. The maximum Gasteiger partial charge on any atom is 0.275 e. The van der Waals surface area contributed by atoms with Gasteiger partial charge in [0, 0.05) is 35.5 Å². The van der Waals surface area contributed by atoms with Gasteiger partial charge in [-0.2, -0.15) is 0 Å². The zero-order valence-corrected chi connectivity index (χ0v) is 19.0. The van der Waals surface area contributed by atoms with Crippen LogP contribution in [0, 0.1) is 6.92 Å². The molecule has 3 N–H and O–H groups in total. The van der Waals surface area contributed by atoms with Crippen molar-refractivity contribution in [2.45, 2.75) is 26.2 Å². The van der Waals surface area contributed by atoms with Gasteiger partial charge in [0.2, 0.25) is 0 Å². The van der Waals surface area contributed by atoms with Gasteiger partial charge in [0.25, 0.3) is 17.7 Å². The second-order valence-corrected chi connectivity index (χ2v) is 8.46. The van der Waals surface area contributed by atoms with Crippen LogP contribution in [0.25, 0.3) is 11.1 Å². The normalized spacial score (nSPS) is 13.3. The van der Waals surface area contributed by atoms with Gasteiger partial charge in [-0.3, -0.25) is 19.6 Å². The summed E-state index contributed by atoms with van der Waals surface area (Å²) in [4.78, 5) is 40.2. The van der Waals surface area contributed by atoms with E-state index in [4.69, 9.17) is 0 Å². The number of hydrogen-bond acceptors (Lipinski definition) is 4. The lowest BCUT2D eigenvalue weighted by molar-refractivity contribution is 0.0705. The third-order valence-corrected chi connectivity index (χ3v) is 5.98. The number of anilines is 1. The van der Waals surface area contributed by atoms with E-state index in [1.807, 2.05) is 24.0 Å². The van der Waals surface area contributed by atoms with E-state index < -0.39 is 5.91 Å². The topological polar surface area (TPSA) is 98.7 Å². The predicted octanol–water partition coefficient (Wildman–Crippen LogP) is 4.66. The highest BCUT2D eigenvalue weighted by molar-refractivity contribution is 6.06. The van der Waals surface area contributed by atoms with Crippen LogP contribution in [-0.4, -0.2) is 40.9 Å². The minimum absolute atomic E-state index is 0.114. The molecular formula is C27H27N3O4. The molecule has 3 amide bonds. The van der Waals surface area contributed by atoms with Crippen LogP contribution >= 0.6 is 0 Å². The molecule has 1 aliphatic rings. The number of likely N-dealkylation sites (tertiary alicyclic amines) is 1. The average Bonchev–Trinajstić information content (AvgIpc) is 2.88. The van der Waals surface area contributed by atoms with E-state index >= 15 is 0 Å². The second-order valence-electron chi connectivity index (χ2n) is 8.46. The zero-order chi connectivity index (χ0) is 24.1. The number of carbonyl (C=O) groups excluding carboxylic acids is 3. The van der Waals surface area contributed by atoms with Gasteiger partial charge >= 0.3 is 0 Å². The van der Waals surface area contributed by atoms with E-state index in [-0.39, 0.29) is 17.4 Å². The molecule has 1 heterocycles. The lowest BCUT2D eigenvalue weighted by Gasteiger charge is -2.27. The Bertz CT molecular complexity index is 1210. The molecular weight excluding hydrogens is 430 g/mol. The van der Waals surface area contributed by atoms with Crippen molar-refractivity contribution in [3.63, 3.8) is 0 Å². The molecule has 3 aromatic carbocycles. The molecule has 3 aromatic rings. The Morgan fingerprint density at radius 1 is 0.824 bits per heavy atom. The van der Waals surface area contributed by atoms with E-state index in [2.05, 4.69) is 5.32 Å². The summed E-state index contributed by atoms with van der Waals surface area (Å²) >= 11 is 0. The summed E-state index contributed by atoms with van der Waals surface area (Å²) in [5, 5.41) is 12.1. The molecule has 0 saturated carbocycles. The summed E-state index contributed by atoms with van der Waals surface area (Å²) in [6.45, 7) is 3.33. The van der Waals surface area contributed by atoms with Crippen LogP contribution in [0.4, 0.5) is 5.69 Å². The highest BCUT2D eigenvalue weighted by Crippen LogP contribution is 2.29. The minimum Gasteiger partial charge on any atom is -0.339 e. The summed E-state index contributed by atoms with van der Waals surface area (Å²) in [5.74, 6) is -1.07. The molecule has 7 heteroatoms. The fourth-order valence-electron chi connectivity index (χ4n) is 4.16. The molecule has 0 atom stereocenters. The first-order valence-electron chi connectivity index (χ1n) is 11.3. The second kappa shape index (κ2) is 10.3. The molecule has 1 aliphatic heterocycles. The van der Waals surface area contributed by atoms with Crippen molar-refractivity contribution in [2.24, 2.45) is 0 Å². The number of nitrogens with zero attached hydrogens (tertiary/aromatic N) is 1. The van der Waals surface area contributed by atoms with Crippen molar-refractivity contribution in [3.05, 3.63) is 89.0 Å². The van der Waals surface area contributed by atoms with Gasteiger partial charge in [-0.1, -0.05) is 35.9 Å². The van der Waals surface area contributed by atoms with E-state index in [1.54, 1.807) is 60.1 Å². The Morgan fingerprint density at radius 2 is 1.53 bits per heavy atom. The molecule has 0 aliphatic carbocycles. The number of rotatable bonds is 5. The summed E-state index contributed by atoms with van der Waals surface area (Å²) in [6.07, 6.45) is 3.02. The maximum atomic E-state index is 13.3. The van der Waals surface area contributed by atoms with Crippen molar-refractivity contribution in [1.82, 2.24) is 10.4 Å². The number of carbonyl (C=O) groups is 3. The average molecular weight is 458 g/mol. The smallest absolute Gasteiger partial charge is 0.275 e. The van der Waals surface area contributed by atoms with Crippen LogP contribution in [0.3, 0.4) is 0 Å². The number of hydrogen-bond donors (Lipinski definition) is 3. The van der Waals surface area contributed by atoms with E-state index in [0.29, 0.717) is 41.0 Å². The minimum atomic E-state index is -0.659. The zero-order valence-electron chi connectivity index (χ0n) is 19.0. The van der Waals surface area contributed by atoms with Gasteiger partial charge in [0.15, 0.2) is 0 Å². The van der Waals surface area contributed by atoms with E-state index in [1.165, 1.54) is 0 Å². The predicted molar refractivity (Wildman–Crippen MR) is 130 cm³/mol.